The van der Waals surface area contributed by atoms with E-state index in [1.165, 1.54) is 5.56 Å². The standard InChI is InChI=1S/C12H19FSi/c1-9(2)10-6-7-11(13)12(8-10)14(3,4)5/h6-9H,1-5H3. The van der Waals surface area contributed by atoms with E-state index in [-0.39, 0.29) is 5.82 Å². The Morgan fingerprint density at radius 2 is 1.71 bits per heavy atom. The van der Waals surface area contributed by atoms with Gasteiger partial charge in [0.1, 0.15) is 5.82 Å². The summed E-state index contributed by atoms with van der Waals surface area (Å²) in [4.78, 5) is 0. The Hall–Kier alpha value is -0.633. The van der Waals surface area contributed by atoms with Crippen molar-refractivity contribution in [1.82, 2.24) is 0 Å². The highest BCUT2D eigenvalue weighted by molar-refractivity contribution is 6.88. The summed E-state index contributed by atoms with van der Waals surface area (Å²) >= 11 is 0. The van der Waals surface area contributed by atoms with Crippen molar-refractivity contribution >= 4 is 13.3 Å². The Kier molecular flexibility index (Phi) is 3.15. The molecule has 1 aromatic rings. The lowest BCUT2D eigenvalue weighted by molar-refractivity contribution is 0.633. The predicted molar refractivity (Wildman–Crippen MR) is 63.5 cm³/mol. The summed E-state index contributed by atoms with van der Waals surface area (Å²) in [5, 5.41) is 0.948. The number of halogens is 1. The number of hydrogen-bond acceptors (Lipinski definition) is 0. The van der Waals surface area contributed by atoms with Crippen molar-refractivity contribution in [2.75, 3.05) is 0 Å². The van der Waals surface area contributed by atoms with E-state index in [1.807, 2.05) is 12.1 Å². The van der Waals surface area contributed by atoms with Gasteiger partial charge >= 0.3 is 0 Å². The van der Waals surface area contributed by atoms with Gasteiger partial charge in [-0.3, -0.25) is 0 Å². The first kappa shape index (κ1) is 11.4. The van der Waals surface area contributed by atoms with Crippen LogP contribution in [0.4, 0.5) is 4.39 Å². The topological polar surface area (TPSA) is 0 Å². The van der Waals surface area contributed by atoms with Crippen LogP contribution in [0.3, 0.4) is 0 Å². The van der Waals surface area contributed by atoms with Gasteiger partial charge in [-0.15, -0.1) is 0 Å². The van der Waals surface area contributed by atoms with Crippen molar-refractivity contribution in [2.24, 2.45) is 0 Å². The highest BCUT2D eigenvalue weighted by Gasteiger charge is 2.21. The van der Waals surface area contributed by atoms with Gasteiger partial charge in [-0.25, -0.2) is 4.39 Å². The van der Waals surface area contributed by atoms with Gasteiger partial charge in [0.15, 0.2) is 0 Å². The van der Waals surface area contributed by atoms with E-state index in [9.17, 15) is 4.39 Å². The Morgan fingerprint density at radius 3 is 2.14 bits per heavy atom. The highest BCUT2D eigenvalue weighted by Crippen LogP contribution is 2.15. The molecule has 0 atom stereocenters. The largest absolute Gasteiger partial charge is 0.207 e. The molecule has 0 amide bonds. The average molecular weight is 210 g/mol. The van der Waals surface area contributed by atoms with Crippen molar-refractivity contribution in [1.29, 1.82) is 0 Å². The second-order valence-corrected chi connectivity index (χ2v) is 10.2. The molecule has 0 aromatic heterocycles. The van der Waals surface area contributed by atoms with E-state index in [0.29, 0.717) is 5.92 Å². The molecular formula is C12H19FSi. The molecule has 0 spiro atoms. The smallest absolute Gasteiger partial charge is 0.122 e. The number of benzene rings is 1. The van der Waals surface area contributed by atoms with E-state index < -0.39 is 8.07 Å². The van der Waals surface area contributed by atoms with E-state index in [4.69, 9.17) is 0 Å². The first-order valence-corrected chi connectivity index (χ1v) is 8.62. The van der Waals surface area contributed by atoms with Crippen LogP contribution in [0.1, 0.15) is 25.3 Å². The second kappa shape index (κ2) is 3.85. The molecular weight excluding hydrogens is 191 g/mol. The minimum Gasteiger partial charge on any atom is -0.207 e. The average Bonchev–Trinajstić information content (AvgIpc) is 2.02. The third-order valence-corrected chi connectivity index (χ3v) is 4.46. The molecule has 0 saturated heterocycles. The number of hydrogen-bond donors (Lipinski definition) is 0. The summed E-state index contributed by atoms with van der Waals surface area (Å²) in [6.07, 6.45) is 0. The monoisotopic (exact) mass is 210 g/mol. The van der Waals surface area contributed by atoms with Crippen molar-refractivity contribution in [2.45, 2.75) is 39.4 Å². The van der Waals surface area contributed by atoms with Crippen LogP contribution in [0.25, 0.3) is 0 Å². The summed E-state index contributed by atoms with van der Waals surface area (Å²) in [5.41, 5.74) is 1.24. The molecule has 0 saturated carbocycles. The number of rotatable bonds is 2. The maximum absolute atomic E-state index is 13.6. The molecule has 0 aliphatic heterocycles. The SMILES string of the molecule is CC(C)c1ccc(F)c([Si](C)(C)C)c1. The lowest BCUT2D eigenvalue weighted by Gasteiger charge is -2.19. The van der Waals surface area contributed by atoms with Gasteiger partial charge < -0.3 is 0 Å². The minimum atomic E-state index is -1.53. The van der Waals surface area contributed by atoms with Gasteiger partial charge in [0, 0.05) is 0 Å². The molecule has 2 heteroatoms. The van der Waals surface area contributed by atoms with Gasteiger partial charge in [0.25, 0.3) is 0 Å². The second-order valence-electron chi connectivity index (χ2n) is 5.14. The molecule has 0 fully saturated rings. The van der Waals surface area contributed by atoms with Gasteiger partial charge in [-0.1, -0.05) is 45.6 Å². The van der Waals surface area contributed by atoms with Crippen molar-refractivity contribution in [3.63, 3.8) is 0 Å². The molecule has 0 nitrogen and oxygen atoms in total. The third kappa shape index (κ3) is 2.44. The molecule has 14 heavy (non-hydrogen) atoms. The molecule has 0 aliphatic rings. The fraction of sp³-hybridized carbons (Fsp3) is 0.500. The van der Waals surface area contributed by atoms with Crippen LogP contribution in [-0.4, -0.2) is 8.07 Å². The first-order valence-electron chi connectivity index (χ1n) is 5.12. The van der Waals surface area contributed by atoms with Gasteiger partial charge in [-0.2, -0.15) is 0 Å². The maximum Gasteiger partial charge on any atom is 0.122 e. The molecule has 0 unspecified atom stereocenters. The van der Waals surface area contributed by atoms with Crippen LogP contribution in [-0.2, 0) is 0 Å². The lowest BCUT2D eigenvalue weighted by atomic mass is 10.0. The Morgan fingerprint density at radius 1 is 1.14 bits per heavy atom. The Labute approximate surface area is 87.2 Å². The van der Waals surface area contributed by atoms with Gasteiger partial charge in [-0.05, 0) is 22.7 Å². The fourth-order valence-electron chi connectivity index (χ4n) is 1.48. The third-order valence-electron chi connectivity index (χ3n) is 2.47. The molecule has 1 aromatic carbocycles. The van der Waals surface area contributed by atoms with Crippen LogP contribution in [0.5, 0.6) is 0 Å². The lowest BCUT2D eigenvalue weighted by Crippen LogP contribution is -2.40. The summed E-state index contributed by atoms with van der Waals surface area (Å²) in [5.74, 6) is 0.444. The van der Waals surface area contributed by atoms with Crippen LogP contribution >= 0.6 is 0 Å². The van der Waals surface area contributed by atoms with E-state index in [1.54, 1.807) is 6.07 Å². The quantitative estimate of drug-likeness (QED) is 0.655. The van der Waals surface area contributed by atoms with E-state index in [2.05, 4.69) is 33.5 Å². The minimum absolute atomic E-state index is 0.0337. The fourth-order valence-corrected chi connectivity index (χ4v) is 2.88. The van der Waals surface area contributed by atoms with E-state index >= 15 is 0 Å². The van der Waals surface area contributed by atoms with E-state index in [0.717, 1.165) is 5.19 Å². The molecule has 0 heterocycles. The Balaban J connectivity index is 3.22. The zero-order chi connectivity index (χ0) is 10.9. The predicted octanol–water partition coefficient (Wildman–Crippen LogP) is 3.49. The van der Waals surface area contributed by atoms with Crippen molar-refractivity contribution in [3.05, 3.63) is 29.6 Å². The van der Waals surface area contributed by atoms with Gasteiger partial charge in [0.05, 0.1) is 8.07 Å². The molecule has 78 valence electrons. The first-order chi connectivity index (χ1) is 6.32. The van der Waals surface area contributed by atoms with Crippen molar-refractivity contribution < 1.29 is 4.39 Å². The molecule has 1 rings (SSSR count). The zero-order valence-electron chi connectivity index (χ0n) is 9.69. The summed E-state index contributed by atoms with van der Waals surface area (Å²) < 4.78 is 13.6. The summed E-state index contributed by atoms with van der Waals surface area (Å²) in [7, 11) is -1.53. The maximum atomic E-state index is 13.6. The van der Waals surface area contributed by atoms with Crippen LogP contribution in [0.2, 0.25) is 19.6 Å². The zero-order valence-corrected chi connectivity index (χ0v) is 10.7. The molecule has 0 radical (unpaired) electrons. The van der Waals surface area contributed by atoms with Crippen molar-refractivity contribution in [3.8, 4) is 0 Å². The summed E-state index contributed by atoms with van der Waals surface area (Å²) in [6, 6.07) is 5.55. The Bertz CT molecular complexity index is 324. The van der Waals surface area contributed by atoms with Crippen LogP contribution < -0.4 is 5.19 Å². The highest BCUT2D eigenvalue weighted by atomic mass is 28.3. The summed E-state index contributed by atoms with van der Waals surface area (Å²) in [6.45, 7) is 10.8. The van der Waals surface area contributed by atoms with Crippen LogP contribution in [0, 0.1) is 5.82 Å². The normalized spacial score (nSPS) is 12.2. The molecule has 0 aliphatic carbocycles. The molecule has 0 N–H and O–H groups in total. The van der Waals surface area contributed by atoms with Crippen LogP contribution in [0.15, 0.2) is 18.2 Å². The van der Waals surface area contributed by atoms with Gasteiger partial charge in [0.2, 0.25) is 0 Å². The molecule has 0 bridgehead atoms.